The molecule has 0 aliphatic carbocycles. The lowest BCUT2D eigenvalue weighted by Gasteiger charge is -2.30. The number of hydrogen-bond donors (Lipinski definition) is 0. The number of pyridine rings is 1. The van der Waals surface area contributed by atoms with Crippen LogP contribution in [-0.4, -0.2) is 38.4 Å². The van der Waals surface area contributed by atoms with Crippen molar-refractivity contribution in [2.24, 2.45) is 0 Å². The van der Waals surface area contributed by atoms with Crippen LogP contribution >= 0.6 is 11.6 Å². The van der Waals surface area contributed by atoms with E-state index in [2.05, 4.69) is 4.98 Å². The molecule has 1 atom stereocenters. The van der Waals surface area contributed by atoms with Gasteiger partial charge in [-0.1, -0.05) is 18.5 Å². The molecule has 0 N–H and O–H groups in total. The van der Waals surface area contributed by atoms with Gasteiger partial charge < -0.3 is 4.74 Å². The molecule has 1 aromatic rings. The van der Waals surface area contributed by atoms with Crippen molar-refractivity contribution in [1.29, 1.82) is 0 Å². The third-order valence-corrected chi connectivity index (χ3v) is 4.58. The highest BCUT2D eigenvalue weighted by molar-refractivity contribution is 7.82. The van der Waals surface area contributed by atoms with E-state index >= 15 is 0 Å². The summed E-state index contributed by atoms with van der Waals surface area (Å²) in [4.78, 5) is 4.11. The summed E-state index contributed by atoms with van der Waals surface area (Å²) in [5.74, 6) is 1.29. The quantitative estimate of drug-likeness (QED) is 0.853. The molecule has 1 aliphatic heterocycles. The van der Waals surface area contributed by atoms with Gasteiger partial charge in [-0.15, -0.1) is 0 Å². The van der Waals surface area contributed by atoms with E-state index in [0.29, 0.717) is 16.7 Å². The largest absolute Gasteiger partial charge is 0.474 e. The van der Waals surface area contributed by atoms with Gasteiger partial charge in [0.25, 0.3) is 0 Å². The molecule has 1 unspecified atom stereocenters. The van der Waals surface area contributed by atoms with E-state index < -0.39 is 11.0 Å². The standard InChI is InChI=1S/C12H17ClN2O2S/c1-2-18(16)15-7-5-11(6-8-15)17-12-4-3-10(13)9-14-12/h3-4,9,11H,2,5-8H2,1H3. The average Bonchev–Trinajstić information content (AvgIpc) is 2.41. The molecule has 0 saturated carbocycles. The first-order valence-corrected chi connectivity index (χ1v) is 7.76. The van der Waals surface area contributed by atoms with Crippen molar-refractivity contribution in [3.8, 4) is 5.88 Å². The smallest absolute Gasteiger partial charge is 0.213 e. The number of aromatic nitrogens is 1. The topological polar surface area (TPSA) is 42.4 Å². The van der Waals surface area contributed by atoms with Crippen molar-refractivity contribution in [1.82, 2.24) is 9.29 Å². The van der Waals surface area contributed by atoms with E-state index in [9.17, 15) is 4.21 Å². The Morgan fingerprint density at radius 2 is 2.22 bits per heavy atom. The van der Waals surface area contributed by atoms with E-state index in [1.807, 2.05) is 11.2 Å². The van der Waals surface area contributed by atoms with E-state index in [0.717, 1.165) is 25.9 Å². The van der Waals surface area contributed by atoms with Gasteiger partial charge in [0.1, 0.15) is 6.10 Å². The van der Waals surface area contributed by atoms with Gasteiger partial charge >= 0.3 is 0 Å². The molecule has 2 rings (SSSR count). The van der Waals surface area contributed by atoms with Gasteiger partial charge in [-0.3, -0.25) is 0 Å². The second-order valence-electron chi connectivity index (χ2n) is 4.17. The third-order valence-electron chi connectivity index (χ3n) is 2.92. The molecular weight excluding hydrogens is 272 g/mol. The van der Waals surface area contributed by atoms with Gasteiger partial charge in [0, 0.05) is 31.1 Å². The monoisotopic (exact) mass is 288 g/mol. The summed E-state index contributed by atoms with van der Waals surface area (Å²) >= 11 is 5.77. The van der Waals surface area contributed by atoms with Crippen LogP contribution < -0.4 is 4.74 Å². The predicted molar refractivity (Wildman–Crippen MR) is 73.2 cm³/mol. The van der Waals surface area contributed by atoms with Crippen molar-refractivity contribution in [3.05, 3.63) is 23.4 Å². The Balaban J connectivity index is 1.83. The van der Waals surface area contributed by atoms with Crippen molar-refractivity contribution in [3.63, 3.8) is 0 Å². The first-order chi connectivity index (χ1) is 8.69. The minimum absolute atomic E-state index is 0.156. The number of halogens is 1. The lowest BCUT2D eigenvalue weighted by atomic mass is 10.1. The van der Waals surface area contributed by atoms with Crippen molar-refractivity contribution >= 4 is 22.6 Å². The molecule has 18 heavy (non-hydrogen) atoms. The molecule has 0 aromatic carbocycles. The van der Waals surface area contributed by atoms with Gasteiger partial charge in [0.05, 0.1) is 16.0 Å². The van der Waals surface area contributed by atoms with E-state index in [4.69, 9.17) is 16.3 Å². The summed E-state index contributed by atoms with van der Waals surface area (Å²) in [7, 11) is -0.833. The Morgan fingerprint density at radius 1 is 1.50 bits per heavy atom. The Labute approximate surface area is 115 Å². The molecule has 0 amide bonds. The van der Waals surface area contributed by atoms with Crippen LogP contribution in [-0.2, 0) is 11.0 Å². The summed E-state index contributed by atoms with van der Waals surface area (Å²) in [6, 6.07) is 3.55. The van der Waals surface area contributed by atoms with Gasteiger partial charge in [-0.2, -0.15) is 0 Å². The zero-order chi connectivity index (χ0) is 13.0. The highest BCUT2D eigenvalue weighted by Gasteiger charge is 2.23. The third kappa shape index (κ3) is 3.67. The fourth-order valence-corrected chi connectivity index (χ4v) is 3.03. The highest BCUT2D eigenvalue weighted by atomic mass is 35.5. The first-order valence-electron chi connectivity index (χ1n) is 6.10. The van der Waals surface area contributed by atoms with Crippen LogP contribution in [0.4, 0.5) is 0 Å². The summed E-state index contributed by atoms with van der Waals surface area (Å²) in [5, 5.41) is 0.607. The minimum atomic E-state index is -0.833. The molecule has 100 valence electrons. The molecule has 0 spiro atoms. The summed E-state index contributed by atoms with van der Waals surface area (Å²) in [5.41, 5.74) is 0. The SMILES string of the molecule is CCS(=O)N1CCC(Oc2ccc(Cl)cn2)CC1. The molecule has 2 heterocycles. The minimum Gasteiger partial charge on any atom is -0.474 e. The van der Waals surface area contributed by atoms with E-state index in [1.165, 1.54) is 0 Å². The molecular formula is C12H17ClN2O2S. The first kappa shape index (κ1) is 13.8. The average molecular weight is 289 g/mol. The number of nitrogens with zero attached hydrogens (tertiary/aromatic N) is 2. The van der Waals surface area contributed by atoms with Gasteiger partial charge in [0.2, 0.25) is 5.88 Å². The molecule has 1 aromatic heterocycles. The van der Waals surface area contributed by atoms with Gasteiger partial charge in [0.15, 0.2) is 0 Å². The van der Waals surface area contributed by atoms with Crippen molar-refractivity contribution < 1.29 is 8.95 Å². The molecule has 4 nitrogen and oxygen atoms in total. The van der Waals surface area contributed by atoms with Crippen LogP contribution in [0.5, 0.6) is 5.88 Å². The van der Waals surface area contributed by atoms with Crippen LogP contribution in [0.25, 0.3) is 0 Å². The Kier molecular flexibility index (Phi) is 4.97. The van der Waals surface area contributed by atoms with Gasteiger partial charge in [-0.05, 0) is 18.9 Å². The number of ether oxygens (including phenoxy) is 1. The number of rotatable bonds is 4. The Bertz CT molecular complexity index is 405. The molecule has 1 aliphatic rings. The molecule has 6 heteroatoms. The summed E-state index contributed by atoms with van der Waals surface area (Å²) in [6.07, 6.45) is 3.51. The van der Waals surface area contributed by atoms with E-state index in [-0.39, 0.29) is 6.10 Å². The van der Waals surface area contributed by atoms with Crippen molar-refractivity contribution in [2.75, 3.05) is 18.8 Å². The molecule has 0 bridgehead atoms. The number of piperidine rings is 1. The van der Waals surface area contributed by atoms with Crippen molar-refractivity contribution in [2.45, 2.75) is 25.9 Å². The zero-order valence-electron chi connectivity index (χ0n) is 10.3. The second kappa shape index (κ2) is 6.50. The number of hydrogen-bond acceptors (Lipinski definition) is 3. The fourth-order valence-electron chi connectivity index (χ4n) is 1.94. The predicted octanol–water partition coefficient (Wildman–Crippen LogP) is 2.26. The molecule has 0 radical (unpaired) electrons. The Hall–Kier alpha value is -0.650. The maximum absolute atomic E-state index is 11.6. The second-order valence-corrected chi connectivity index (χ2v) is 6.34. The van der Waals surface area contributed by atoms with Crippen LogP contribution in [0.3, 0.4) is 0 Å². The fraction of sp³-hybridized carbons (Fsp3) is 0.583. The van der Waals surface area contributed by atoms with Gasteiger partial charge in [-0.25, -0.2) is 13.5 Å². The summed E-state index contributed by atoms with van der Waals surface area (Å²) < 4.78 is 19.4. The summed E-state index contributed by atoms with van der Waals surface area (Å²) in [6.45, 7) is 3.58. The maximum Gasteiger partial charge on any atom is 0.213 e. The zero-order valence-corrected chi connectivity index (χ0v) is 11.9. The normalized spacial score (nSPS) is 19.7. The van der Waals surface area contributed by atoms with E-state index in [1.54, 1.807) is 18.3 Å². The Morgan fingerprint density at radius 3 is 2.78 bits per heavy atom. The molecule has 1 fully saturated rings. The highest BCUT2D eigenvalue weighted by Crippen LogP contribution is 2.19. The lowest BCUT2D eigenvalue weighted by molar-refractivity contribution is 0.132. The van der Waals surface area contributed by atoms with Crippen LogP contribution in [0.15, 0.2) is 18.3 Å². The molecule has 1 saturated heterocycles. The van der Waals surface area contributed by atoms with Crippen LogP contribution in [0, 0.1) is 0 Å². The lowest BCUT2D eigenvalue weighted by Crippen LogP contribution is -2.39. The maximum atomic E-state index is 11.6. The van der Waals surface area contributed by atoms with Crippen LogP contribution in [0.2, 0.25) is 5.02 Å². The van der Waals surface area contributed by atoms with Crippen LogP contribution in [0.1, 0.15) is 19.8 Å².